The van der Waals surface area contributed by atoms with E-state index in [1.807, 2.05) is 30.5 Å². The molecular formula is C12H15NO4S. The fraction of sp³-hybridized carbons (Fsp3) is 0.333. The Kier molecular flexibility index (Phi) is 5.67. The smallest absolute Gasteiger partial charge is 0.317 e. The number of hydrogen-bond acceptors (Lipinski definition) is 4. The van der Waals surface area contributed by atoms with E-state index in [0.29, 0.717) is 6.54 Å². The predicted octanol–water partition coefficient (Wildman–Crippen LogP) is 1.38. The van der Waals surface area contributed by atoms with Crippen molar-refractivity contribution in [3.05, 3.63) is 29.8 Å². The Morgan fingerprint density at radius 2 is 1.61 bits per heavy atom. The van der Waals surface area contributed by atoms with Crippen LogP contribution in [0.1, 0.15) is 5.56 Å². The summed E-state index contributed by atoms with van der Waals surface area (Å²) in [6.07, 6.45) is 1.97. The summed E-state index contributed by atoms with van der Waals surface area (Å²) in [6, 6.07) is 7.62. The van der Waals surface area contributed by atoms with Crippen molar-refractivity contribution in [1.29, 1.82) is 0 Å². The van der Waals surface area contributed by atoms with Crippen LogP contribution in [0.25, 0.3) is 0 Å². The third-order valence-corrected chi connectivity index (χ3v) is 3.03. The molecule has 1 aromatic carbocycles. The van der Waals surface area contributed by atoms with Crippen LogP contribution >= 0.6 is 11.8 Å². The van der Waals surface area contributed by atoms with Gasteiger partial charge in [0.25, 0.3) is 0 Å². The molecule has 0 aromatic heterocycles. The van der Waals surface area contributed by atoms with E-state index in [4.69, 9.17) is 10.2 Å². The highest BCUT2D eigenvalue weighted by molar-refractivity contribution is 7.98. The number of nitrogens with zero attached hydrogens (tertiary/aromatic N) is 1. The molecule has 18 heavy (non-hydrogen) atoms. The van der Waals surface area contributed by atoms with Crippen molar-refractivity contribution in [3.63, 3.8) is 0 Å². The highest BCUT2D eigenvalue weighted by atomic mass is 32.2. The predicted molar refractivity (Wildman–Crippen MR) is 68.8 cm³/mol. The summed E-state index contributed by atoms with van der Waals surface area (Å²) in [5.41, 5.74) is 0.898. The number of thioether (sulfide) groups is 1. The van der Waals surface area contributed by atoms with Gasteiger partial charge in [0.1, 0.15) is 0 Å². The van der Waals surface area contributed by atoms with Crippen LogP contribution in [0, 0.1) is 0 Å². The molecule has 0 spiro atoms. The SMILES string of the molecule is CSc1ccc(CN(CC(=O)O)CC(=O)O)cc1. The van der Waals surface area contributed by atoms with Gasteiger partial charge in [-0.15, -0.1) is 11.8 Å². The third-order valence-electron chi connectivity index (χ3n) is 2.28. The normalized spacial score (nSPS) is 10.6. The van der Waals surface area contributed by atoms with Gasteiger partial charge in [0.05, 0.1) is 13.1 Å². The van der Waals surface area contributed by atoms with Gasteiger partial charge >= 0.3 is 11.9 Å². The Bertz CT molecular complexity index is 403. The molecule has 6 heteroatoms. The number of carboxylic acid groups (broad SMARTS) is 2. The maximum absolute atomic E-state index is 10.6. The van der Waals surface area contributed by atoms with Gasteiger partial charge < -0.3 is 10.2 Å². The van der Waals surface area contributed by atoms with E-state index >= 15 is 0 Å². The minimum Gasteiger partial charge on any atom is -0.480 e. The molecule has 2 N–H and O–H groups in total. The molecule has 0 heterocycles. The Balaban J connectivity index is 2.68. The molecule has 0 aliphatic carbocycles. The van der Waals surface area contributed by atoms with Gasteiger partial charge in [-0.25, -0.2) is 0 Å². The summed E-state index contributed by atoms with van der Waals surface area (Å²) >= 11 is 1.62. The first-order chi connectivity index (χ1) is 8.51. The average molecular weight is 269 g/mol. The molecule has 0 saturated carbocycles. The second-order valence-electron chi connectivity index (χ2n) is 3.78. The van der Waals surface area contributed by atoms with E-state index in [2.05, 4.69) is 0 Å². The van der Waals surface area contributed by atoms with Gasteiger partial charge in [0, 0.05) is 11.4 Å². The Hall–Kier alpha value is -1.53. The highest BCUT2D eigenvalue weighted by Gasteiger charge is 2.13. The standard InChI is InChI=1S/C12H15NO4S/c1-18-10-4-2-9(3-5-10)6-13(7-11(14)15)8-12(16)17/h2-5H,6-8H2,1H3,(H,14,15)(H,16,17). The van der Waals surface area contributed by atoms with Crippen molar-refractivity contribution in [3.8, 4) is 0 Å². The van der Waals surface area contributed by atoms with Crippen LogP contribution in [0.5, 0.6) is 0 Å². The van der Waals surface area contributed by atoms with E-state index in [9.17, 15) is 9.59 Å². The number of aliphatic carboxylic acids is 2. The summed E-state index contributed by atoms with van der Waals surface area (Å²) < 4.78 is 0. The summed E-state index contributed by atoms with van der Waals surface area (Å²) in [5, 5.41) is 17.4. The molecule has 1 rings (SSSR count). The first-order valence-electron chi connectivity index (χ1n) is 5.30. The molecule has 0 bridgehead atoms. The summed E-state index contributed by atoms with van der Waals surface area (Å²) in [4.78, 5) is 23.8. The van der Waals surface area contributed by atoms with Crippen LogP contribution in [-0.4, -0.2) is 46.4 Å². The van der Waals surface area contributed by atoms with E-state index < -0.39 is 11.9 Å². The molecule has 0 fully saturated rings. The zero-order valence-corrected chi connectivity index (χ0v) is 10.8. The van der Waals surface area contributed by atoms with Crippen LogP contribution in [0.4, 0.5) is 0 Å². The quantitative estimate of drug-likeness (QED) is 0.728. The molecule has 1 aromatic rings. The largest absolute Gasteiger partial charge is 0.480 e. The summed E-state index contributed by atoms with van der Waals surface area (Å²) in [7, 11) is 0. The van der Waals surface area contributed by atoms with Gasteiger partial charge in [-0.05, 0) is 24.0 Å². The number of hydrogen-bond donors (Lipinski definition) is 2. The molecule has 0 atom stereocenters. The van der Waals surface area contributed by atoms with Crippen molar-refractivity contribution >= 4 is 23.7 Å². The van der Waals surface area contributed by atoms with Crippen molar-refractivity contribution < 1.29 is 19.8 Å². The van der Waals surface area contributed by atoms with Crippen LogP contribution in [-0.2, 0) is 16.1 Å². The minimum atomic E-state index is -1.03. The molecule has 0 saturated heterocycles. The highest BCUT2D eigenvalue weighted by Crippen LogP contribution is 2.15. The van der Waals surface area contributed by atoms with Crippen molar-refractivity contribution in [2.45, 2.75) is 11.4 Å². The van der Waals surface area contributed by atoms with Crippen molar-refractivity contribution in [1.82, 2.24) is 4.90 Å². The number of benzene rings is 1. The Morgan fingerprint density at radius 1 is 1.11 bits per heavy atom. The maximum atomic E-state index is 10.6. The zero-order valence-electron chi connectivity index (χ0n) is 10.00. The third kappa shape index (κ3) is 5.20. The summed E-state index contributed by atoms with van der Waals surface area (Å²) in [5.74, 6) is -2.06. The fourth-order valence-corrected chi connectivity index (χ4v) is 1.95. The number of rotatable bonds is 7. The molecule has 0 amide bonds. The molecule has 0 unspecified atom stereocenters. The molecule has 5 nitrogen and oxygen atoms in total. The monoisotopic (exact) mass is 269 g/mol. The first-order valence-corrected chi connectivity index (χ1v) is 6.52. The molecular weight excluding hydrogens is 254 g/mol. The van der Waals surface area contributed by atoms with E-state index in [0.717, 1.165) is 10.5 Å². The average Bonchev–Trinajstić information content (AvgIpc) is 2.28. The Labute approximate surface area is 109 Å². The molecule has 0 radical (unpaired) electrons. The number of carboxylic acids is 2. The lowest BCUT2D eigenvalue weighted by Crippen LogP contribution is -2.33. The molecule has 0 aliphatic heterocycles. The van der Waals surface area contributed by atoms with Gasteiger partial charge in [0.15, 0.2) is 0 Å². The van der Waals surface area contributed by atoms with Crippen LogP contribution in [0.2, 0.25) is 0 Å². The minimum absolute atomic E-state index is 0.281. The lowest BCUT2D eigenvalue weighted by Gasteiger charge is -2.17. The van der Waals surface area contributed by atoms with Gasteiger partial charge in [-0.1, -0.05) is 12.1 Å². The molecule has 98 valence electrons. The topological polar surface area (TPSA) is 77.8 Å². The zero-order chi connectivity index (χ0) is 13.5. The lowest BCUT2D eigenvalue weighted by atomic mass is 10.2. The van der Waals surface area contributed by atoms with Crippen LogP contribution in [0.15, 0.2) is 29.2 Å². The van der Waals surface area contributed by atoms with Gasteiger partial charge in [0.2, 0.25) is 0 Å². The lowest BCUT2D eigenvalue weighted by molar-refractivity contribution is -0.142. The van der Waals surface area contributed by atoms with E-state index in [-0.39, 0.29) is 13.1 Å². The van der Waals surface area contributed by atoms with Crippen LogP contribution in [0.3, 0.4) is 0 Å². The number of carbonyl (C=O) groups is 2. The van der Waals surface area contributed by atoms with Gasteiger partial charge in [-0.2, -0.15) is 0 Å². The molecule has 0 aliphatic rings. The van der Waals surface area contributed by atoms with Crippen LogP contribution < -0.4 is 0 Å². The second kappa shape index (κ2) is 7.03. The van der Waals surface area contributed by atoms with E-state index in [1.54, 1.807) is 11.8 Å². The fourth-order valence-electron chi connectivity index (χ4n) is 1.54. The second-order valence-corrected chi connectivity index (χ2v) is 4.66. The van der Waals surface area contributed by atoms with Crippen molar-refractivity contribution in [2.75, 3.05) is 19.3 Å². The van der Waals surface area contributed by atoms with Gasteiger partial charge in [-0.3, -0.25) is 14.5 Å². The summed E-state index contributed by atoms with van der Waals surface area (Å²) in [6.45, 7) is -0.250. The van der Waals surface area contributed by atoms with E-state index in [1.165, 1.54) is 4.90 Å². The van der Waals surface area contributed by atoms with Crippen molar-refractivity contribution in [2.24, 2.45) is 0 Å². The Morgan fingerprint density at radius 3 is 2.00 bits per heavy atom. The first kappa shape index (κ1) is 14.5. The maximum Gasteiger partial charge on any atom is 0.317 e.